The fraction of sp³-hybridized carbons (Fsp3) is 0.0769. The van der Waals surface area contributed by atoms with Gasteiger partial charge in [0.25, 0.3) is 0 Å². The van der Waals surface area contributed by atoms with Gasteiger partial charge in [-0.1, -0.05) is 11.8 Å². The molecule has 114 valence electrons. The van der Waals surface area contributed by atoms with Crippen molar-refractivity contribution in [3.63, 3.8) is 0 Å². The molecule has 1 aromatic heterocycles. The van der Waals surface area contributed by atoms with Crippen LogP contribution >= 0.6 is 23.4 Å². The third kappa shape index (κ3) is 2.84. The molecule has 1 aliphatic rings. The van der Waals surface area contributed by atoms with Crippen molar-refractivity contribution in [2.75, 3.05) is 10.6 Å². The number of amides is 1. The van der Waals surface area contributed by atoms with Crippen molar-refractivity contribution in [3.05, 3.63) is 36.2 Å². The standard InChI is InChI=1S/C13H7ClF3N3OS/c14-12(21)20-8-3-6(13(15,16)17)4-9-11(8)19-7-1-2-18-5-10(7)22-9/h1-5,19H,(H,20,21). The quantitative estimate of drug-likeness (QED) is 0.477. The minimum absolute atomic E-state index is 0.0280. The number of carbonyl (C=O) groups is 1. The highest BCUT2D eigenvalue weighted by atomic mass is 35.5. The van der Waals surface area contributed by atoms with E-state index in [9.17, 15) is 18.0 Å². The number of halogens is 4. The summed E-state index contributed by atoms with van der Waals surface area (Å²) in [6, 6.07) is 3.56. The van der Waals surface area contributed by atoms with Gasteiger partial charge < -0.3 is 10.6 Å². The van der Waals surface area contributed by atoms with E-state index >= 15 is 0 Å². The lowest BCUT2D eigenvalue weighted by Crippen LogP contribution is -2.12. The van der Waals surface area contributed by atoms with Gasteiger partial charge in [0, 0.05) is 17.3 Å². The van der Waals surface area contributed by atoms with Gasteiger partial charge in [-0.25, -0.2) is 0 Å². The molecule has 9 heteroatoms. The molecule has 1 amide bonds. The van der Waals surface area contributed by atoms with Gasteiger partial charge >= 0.3 is 11.5 Å². The zero-order valence-corrected chi connectivity index (χ0v) is 12.2. The topological polar surface area (TPSA) is 54.0 Å². The van der Waals surface area contributed by atoms with Crippen LogP contribution in [0.2, 0.25) is 0 Å². The first-order valence-electron chi connectivity index (χ1n) is 5.95. The Kier molecular flexibility index (Phi) is 3.65. The fourth-order valence-corrected chi connectivity index (χ4v) is 3.14. The van der Waals surface area contributed by atoms with Crippen LogP contribution in [0.1, 0.15) is 5.56 Å². The average Bonchev–Trinajstić information content (AvgIpc) is 2.43. The Morgan fingerprint density at radius 3 is 2.77 bits per heavy atom. The monoisotopic (exact) mass is 345 g/mol. The number of nitrogens with zero attached hydrogens (tertiary/aromatic N) is 1. The van der Waals surface area contributed by atoms with Crippen molar-refractivity contribution in [2.24, 2.45) is 0 Å². The maximum atomic E-state index is 13.0. The van der Waals surface area contributed by atoms with Crippen molar-refractivity contribution in [1.82, 2.24) is 4.98 Å². The summed E-state index contributed by atoms with van der Waals surface area (Å²) in [5.74, 6) is 0. The van der Waals surface area contributed by atoms with E-state index in [-0.39, 0.29) is 5.69 Å². The van der Waals surface area contributed by atoms with Crippen molar-refractivity contribution in [2.45, 2.75) is 16.0 Å². The largest absolute Gasteiger partial charge is 0.416 e. The summed E-state index contributed by atoms with van der Waals surface area (Å²) < 4.78 is 39.0. The van der Waals surface area contributed by atoms with Crippen LogP contribution in [0.4, 0.5) is 35.0 Å². The summed E-state index contributed by atoms with van der Waals surface area (Å²) in [6.45, 7) is 0. The Morgan fingerprint density at radius 1 is 1.32 bits per heavy atom. The normalized spacial score (nSPS) is 12.9. The van der Waals surface area contributed by atoms with Crippen molar-refractivity contribution < 1.29 is 18.0 Å². The second-order valence-corrected chi connectivity index (χ2v) is 5.82. The van der Waals surface area contributed by atoms with E-state index in [2.05, 4.69) is 15.6 Å². The van der Waals surface area contributed by atoms with Crippen LogP contribution in [-0.2, 0) is 6.18 Å². The van der Waals surface area contributed by atoms with E-state index in [4.69, 9.17) is 11.6 Å². The molecule has 0 spiro atoms. The Balaban J connectivity index is 2.13. The van der Waals surface area contributed by atoms with E-state index in [1.54, 1.807) is 18.5 Å². The first kappa shape index (κ1) is 15.0. The summed E-state index contributed by atoms with van der Waals surface area (Å²) in [5.41, 5.74) is 0.163. The van der Waals surface area contributed by atoms with Crippen LogP contribution in [-0.4, -0.2) is 10.4 Å². The second kappa shape index (κ2) is 5.36. The number of hydrogen-bond acceptors (Lipinski definition) is 4. The summed E-state index contributed by atoms with van der Waals surface area (Å²) in [6.07, 6.45) is -1.42. The fourth-order valence-electron chi connectivity index (χ4n) is 2.01. The molecule has 0 atom stereocenters. The number of rotatable bonds is 1. The number of alkyl halides is 3. The Labute approximate surface area is 132 Å². The van der Waals surface area contributed by atoms with Crippen LogP contribution in [0.3, 0.4) is 0 Å². The van der Waals surface area contributed by atoms with Crippen molar-refractivity contribution >= 4 is 45.8 Å². The molecule has 0 radical (unpaired) electrons. The van der Waals surface area contributed by atoms with Crippen LogP contribution in [0, 0.1) is 0 Å². The number of hydrogen-bond donors (Lipinski definition) is 2. The van der Waals surface area contributed by atoms with Gasteiger partial charge in [-0.2, -0.15) is 13.2 Å². The molecule has 1 aliphatic heterocycles. The van der Waals surface area contributed by atoms with E-state index in [1.807, 2.05) is 0 Å². The molecule has 0 aliphatic carbocycles. The average molecular weight is 346 g/mol. The lowest BCUT2D eigenvalue weighted by molar-refractivity contribution is -0.137. The van der Waals surface area contributed by atoms with Crippen LogP contribution < -0.4 is 10.6 Å². The number of pyridine rings is 1. The third-order valence-electron chi connectivity index (χ3n) is 2.93. The molecule has 0 saturated heterocycles. The van der Waals surface area contributed by atoms with Crippen LogP contribution in [0.15, 0.2) is 40.4 Å². The van der Waals surface area contributed by atoms with E-state index in [0.717, 1.165) is 23.9 Å². The highest BCUT2D eigenvalue weighted by Crippen LogP contribution is 2.49. The molecule has 4 nitrogen and oxygen atoms in total. The molecule has 2 aromatic rings. The molecule has 3 rings (SSSR count). The van der Waals surface area contributed by atoms with E-state index in [1.165, 1.54) is 0 Å². The molecule has 0 saturated carbocycles. The van der Waals surface area contributed by atoms with E-state index < -0.39 is 17.1 Å². The molecule has 0 bridgehead atoms. The lowest BCUT2D eigenvalue weighted by Gasteiger charge is -2.24. The van der Waals surface area contributed by atoms with Crippen LogP contribution in [0.5, 0.6) is 0 Å². The smallest absolute Gasteiger partial charge is 0.352 e. The van der Waals surface area contributed by atoms with Gasteiger partial charge in [-0.3, -0.25) is 9.78 Å². The lowest BCUT2D eigenvalue weighted by atomic mass is 10.1. The molecule has 0 fully saturated rings. The first-order valence-corrected chi connectivity index (χ1v) is 7.14. The Morgan fingerprint density at radius 2 is 2.09 bits per heavy atom. The van der Waals surface area contributed by atoms with Gasteiger partial charge in [-0.05, 0) is 29.8 Å². The Bertz CT molecular complexity index is 767. The van der Waals surface area contributed by atoms with Crippen molar-refractivity contribution in [3.8, 4) is 0 Å². The molecular weight excluding hydrogens is 339 g/mol. The molecular formula is C13H7ClF3N3OS. The molecule has 1 aromatic carbocycles. The predicted molar refractivity (Wildman–Crippen MR) is 78.0 cm³/mol. The molecule has 2 N–H and O–H groups in total. The highest BCUT2D eigenvalue weighted by Gasteiger charge is 2.33. The minimum atomic E-state index is -4.53. The number of aromatic nitrogens is 1. The van der Waals surface area contributed by atoms with Gasteiger partial charge in [0.1, 0.15) is 0 Å². The molecule has 2 heterocycles. The summed E-state index contributed by atoms with van der Waals surface area (Å²) in [4.78, 5) is 16.0. The summed E-state index contributed by atoms with van der Waals surface area (Å²) in [5, 5.41) is 4.24. The van der Waals surface area contributed by atoms with Gasteiger partial charge in [0.2, 0.25) is 0 Å². The Hall–Kier alpha value is -1.93. The highest BCUT2D eigenvalue weighted by molar-refractivity contribution is 7.99. The predicted octanol–water partition coefficient (Wildman–Crippen LogP) is 5.08. The van der Waals surface area contributed by atoms with Gasteiger partial charge in [-0.15, -0.1) is 0 Å². The third-order valence-corrected chi connectivity index (χ3v) is 4.11. The second-order valence-electron chi connectivity index (χ2n) is 4.39. The summed E-state index contributed by atoms with van der Waals surface area (Å²) >= 11 is 6.38. The zero-order chi connectivity index (χ0) is 15.9. The SMILES string of the molecule is O=C(Cl)Nc1cc(C(F)(F)F)cc2c1Nc1ccncc1S2. The zero-order valence-electron chi connectivity index (χ0n) is 10.7. The molecule has 0 unspecified atom stereocenters. The van der Waals surface area contributed by atoms with Crippen LogP contribution in [0.25, 0.3) is 0 Å². The van der Waals surface area contributed by atoms with Crippen molar-refractivity contribution in [1.29, 1.82) is 0 Å². The number of nitrogens with one attached hydrogen (secondary N) is 2. The number of benzene rings is 1. The minimum Gasteiger partial charge on any atom is -0.352 e. The maximum absolute atomic E-state index is 13.0. The number of fused-ring (bicyclic) bond motifs is 2. The first-order chi connectivity index (χ1) is 10.3. The maximum Gasteiger partial charge on any atom is 0.416 e. The number of anilines is 3. The van der Waals surface area contributed by atoms with E-state index in [0.29, 0.717) is 21.2 Å². The summed E-state index contributed by atoms with van der Waals surface area (Å²) in [7, 11) is 0. The van der Waals surface area contributed by atoms with Gasteiger partial charge in [0.15, 0.2) is 0 Å². The number of carbonyl (C=O) groups excluding carboxylic acids is 1. The van der Waals surface area contributed by atoms with Gasteiger partial charge in [0.05, 0.1) is 27.5 Å². The molecule has 22 heavy (non-hydrogen) atoms.